The van der Waals surface area contributed by atoms with E-state index in [-0.39, 0.29) is 27.9 Å². The smallest absolute Gasteiger partial charge is 0.243 e. The molecular formula is C21H24ClFN2O3S. The predicted molar refractivity (Wildman–Crippen MR) is 112 cm³/mol. The summed E-state index contributed by atoms with van der Waals surface area (Å²) in [7, 11) is -3.48. The van der Waals surface area contributed by atoms with Gasteiger partial charge in [0.05, 0.1) is 10.6 Å². The van der Waals surface area contributed by atoms with Crippen LogP contribution in [0.5, 0.6) is 0 Å². The number of amides is 1. The minimum absolute atomic E-state index is 0.0818. The molecule has 29 heavy (non-hydrogen) atoms. The minimum atomic E-state index is -3.48. The van der Waals surface area contributed by atoms with Crippen molar-refractivity contribution in [1.82, 2.24) is 4.31 Å². The van der Waals surface area contributed by atoms with Gasteiger partial charge in [0, 0.05) is 24.5 Å². The second-order valence-corrected chi connectivity index (χ2v) is 9.51. The zero-order chi connectivity index (χ0) is 20.9. The summed E-state index contributed by atoms with van der Waals surface area (Å²) in [5.74, 6) is -0.915. The lowest BCUT2D eigenvalue weighted by molar-refractivity contribution is -0.116. The number of carbonyl (C=O) groups is 1. The maximum atomic E-state index is 13.7. The summed E-state index contributed by atoms with van der Waals surface area (Å²) in [4.78, 5) is 12.3. The van der Waals surface area contributed by atoms with Crippen molar-refractivity contribution in [3.05, 3.63) is 58.9 Å². The Morgan fingerprint density at radius 1 is 1.03 bits per heavy atom. The van der Waals surface area contributed by atoms with Crippen LogP contribution in [-0.4, -0.2) is 31.7 Å². The van der Waals surface area contributed by atoms with Gasteiger partial charge < -0.3 is 5.32 Å². The molecule has 156 valence electrons. The Morgan fingerprint density at radius 2 is 1.69 bits per heavy atom. The van der Waals surface area contributed by atoms with Crippen molar-refractivity contribution in [1.29, 1.82) is 0 Å². The van der Waals surface area contributed by atoms with Crippen molar-refractivity contribution in [2.45, 2.75) is 43.4 Å². The summed E-state index contributed by atoms with van der Waals surface area (Å²) in [5, 5.41) is 2.78. The molecule has 0 aliphatic carbocycles. The Morgan fingerprint density at radius 3 is 2.31 bits per heavy atom. The molecule has 1 aliphatic heterocycles. The molecular weight excluding hydrogens is 415 g/mol. The van der Waals surface area contributed by atoms with Crippen LogP contribution in [0.2, 0.25) is 5.02 Å². The number of aryl methyl sites for hydroxylation is 1. The highest BCUT2D eigenvalue weighted by atomic mass is 35.5. The fourth-order valence-corrected chi connectivity index (χ4v) is 5.00. The monoisotopic (exact) mass is 438 g/mol. The number of benzene rings is 2. The number of hydrogen-bond acceptors (Lipinski definition) is 3. The summed E-state index contributed by atoms with van der Waals surface area (Å²) in [6.07, 6.45) is 4.48. The van der Waals surface area contributed by atoms with Gasteiger partial charge in [-0.3, -0.25) is 4.79 Å². The highest BCUT2D eigenvalue weighted by Crippen LogP contribution is 2.22. The number of hydrogen-bond donors (Lipinski definition) is 1. The first-order valence-corrected chi connectivity index (χ1v) is 11.5. The lowest BCUT2D eigenvalue weighted by Gasteiger charge is -2.20. The molecule has 1 fully saturated rings. The third kappa shape index (κ3) is 5.78. The van der Waals surface area contributed by atoms with E-state index in [9.17, 15) is 17.6 Å². The van der Waals surface area contributed by atoms with Gasteiger partial charge in [-0.05, 0) is 55.2 Å². The van der Waals surface area contributed by atoms with Crippen LogP contribution in [-0.2, 0) is 21.2 Å². The number of nitrogens with one attached hydrogen (secondary N) is 1. The maximum absolute atomic E-state index is 13.7. The lowest BCUT2D eigenvalue weighted by Crippen LogP contribution is -2.31. The summed E-state index contributed by atoms with van der Waals surface area (Å²) in [5.41, 5.74) is 0.921. The Bertz CT molecular complexity index is 956. The Kier molecular flexibility index (Phi) is 7.27. The summed E-state index contributed by atoms with van der Waals surface area (Å²) < 4.78 is 40.9. The minimum Gasteiger partial charge on any atom is -0.324 e. The third-order valence-corrected chi connectivity index (χ3v) is 7.12. The van der Waals surface area contributed by atoms with Gasteiger partial charge in [0.15, 0.2) is 0 Å². The lowest BCUT2D eigenvalue weighted by atomic mass is 10.1. The second kappa shape index (κ2) is 9.69. The molecule has 0 aromatic heterocycles. The van der Waals surface area contributed by atoms with Gasteiger partial charge in [0.25, 0.3) is 0 Å². The molecule has 2 aromatic rings. The van der Waals surface area contributed by atoms with Crippen LogP contribution < -0.4 is 5.32 Å². The van der Waals surface area contributed by atoms with E-state index < -0.39 is 15.8 Å². The van der Waals surface area contributed by atoms with E-state index >= 15 is 0 Å². The normalized spacial score (nSPS) is 15.7. The van der Waals surface area contributed by atoms with Crippen LogP contribution in [0.3, 0.4) is 0 Å². The van der Waals surface area contributed by atoms with E-state index in [0.717, 1.165) is 37.3 Å². The molecule has 1 aliphatic rings. The van der Waals surface area contributed by atoms with Crippen molar-refractivity contribution in [3.8, 4) is 0 Å². The molecule has 5 nitrogen and oxygen atoms in total. The molecule has 0 bridgehead atoms. The van der Waals surface area contributed by atoms with Crippen LogP contribution in [0.15, 0.2) is 47.4 Å². The molecule has 1 N–H and O–H groups in total. The molecule has 0 unspecified atom stereocenters. The Hall–Kier alpha value is -1.96. The predicted octanol–water partition coefficient (Wildman–Crippen LogP) is 4.62. The van der Waals surface area contributed by atoms with Crippen molar-refractivity contribution >= 4 is 33.2 Å². The first-order chi connectivity index (χ1) is 13.9. The molecule has 1 heterocycles. The fraction of sp³-hybridized carbons (Fsp3) is 0.381. The van der Waals surface area contributed by atoms with Gasteiger partial charge in [-0.1, -0.05) is 36.6 Å². The Balaban J connectivity index is 1.58. The highest BCUT2D eigenvalue weighted by Gasteiger charge is 2.24. The average molecular weight is 439 g/mol. The van der Waals surface area contributed by atoms with Gasteiger partial charge in [-0.25, -0.2) is 12.8 Å². The number of halogens is 2. The van der Waals surface area contributed by atoms with Crippen LogP contribution in [0.1, 0.15) is 37.7 Å². The van der Waals surface area contributed by atoms with Crippen LogP contribution in [0, 0.1) is 5.82 Å². The second-order valence-electron chi connectivity index (χ2n) is 7.13. The maximum Gasteiger partial charge on any atom is 0.243 e. The highest BCUT2D eigenvalue weighted by molar-refractivity contribution is 7.89. The van der Waals surface area contributed by atoms with Crippen LogP contribution in [0.25, 0.3) is 0 Å². The topological polar surface area (TPSA) is 66.5 Å². The van der Waals surface area contributed by atoms with E-state index in [4.69, 9.17) is 11.6 Å². The van der Waals surface area contributed by atoms with Gasteiger partial charge >= 0.3 is 0 Å². The molecule has 0 atom stereocenters. The van der Waals surface area contributed by atoms with Crippen LogP contribution in [0.4, 0.5) is 10.1 Å². The Labute approximate surface area is 175 Å². The molecule has 0 saturated carbocycles. The average Bonchev–Trinajstić information content (AvgIpc) is 2.99. The molecule has 1 saturated heterocycles. The van der Waals surface area contributed by atoms with E-state index in [1.165, 1.54) is 12.1 Å². The van der Waals surface area contributed by atoms with Gasteiger partial charge in [0.2, 0.25) is 15.9 Å². The summed E-state index contributed by atoms with van der Waals surface area (Å²) in [6.45, 7) is 1.12. The number of carbonyl (C=O) groups excluding carboxylic acids is 1. The first-order valence-electron chi connectivity index (χ1n) is 9.70. The van der Waals surface area contributed by atoms with Crippen molar-refractivity contribution in [2.75, 3.05) is 18.4 Å². The SMILES string of the molecule is O=C(CCc1ccc(S(=O)(=O)N2CCCCCC2)cc1)Nc1ccc(Cl)cc1F. The van der Waals surface area contributed by atoms with Crippen LogP contribution >= 0.6 is 11.6 Å². The van der Waals surface area contributed by atoms with E-state index in [0.29, 0.717) is 19.5 Å². The summed E-state index contributed by atoms with van der Waals surface area (Å²) >= 11 is 5.70. The fourth-order valence-electron chi connectivity index (χ4n) is 3.32. The summed E-state index contributed by atoms with van der Waals surface area (Å²) in [6, 6.07) is 10.7. The van der Waals surface area contributed by atoms with Gasteiger partial charge in [-0.2, -0.15) is 4.31 Å². The van der Waals surface area contributed by atoms with Crippen molar-refractivity contribution in [3.63, 3.8) is 0 Å². The largest absolute Gasteiger partial charge is 0.324 e. The van der Waals surface area contributed by atoms with E-state index in [1.54, 1.807) is 28.6 Å². The number of nitrogens with zero attached hydrogens (tertiary/aromatic N) is 1. The number of rotatable bonds is 6. The molecule has 1 amide bonds. The number of sulfonamides is 1. The molecule has 3 rings (SSSR count). The molecule has 8 heteroatoms. The molecule has 2 aromatic carbocycles. The van der Waals surface area contributed by atoms with Crippen molar-refractivity contribution in [2.24, 2.45) is 0 Å². The number of anilines is 1. The van der Waals surface area contributed by atoms with Gasteiger partial charge in [-0.15, -0.1) is 0 Å². The van der Waals surface area contributed by atoms with Gasteiger partial charge in [0.1, 0.15) is 5.82 Å². The molecule has 0 spiro atoms. The molecule has 0 radical (unpaired) electrons. The van der Waals surface area contributed by atoms with Crippen molar-refractivity contribution < 1.29 is 17.6 Å². The third-order valence-electron chi connectivity index (χ3n) is 4.97. The quantitative estimate of drug-likeness (QED) is 0.715. The zero-order valence-electron chi connectivity index (χ0n) is 16.0. The standard InChI is InChI=1S/C21H24ClFN2O3S/c22-17-8-11-20(19(23)15-17)24-21(26)12-7-16-5-9-18(10-6-16)29(27,28)25-13-3-1-2-4-14-25/h5-6,8-11,15H,1-4,7,12-14H2,(H,24,26). The first kappa shape index (κ1) is 21.7. The van der Waals surface area contributed by atoms with E-state index in [2.05, 4.69) is 5.32 Å². The van der Waals surface area contributed by atoms with E-state index in [1.807, 2.05) is 0 Å². The zero-order valence-corrected chi connectivity index (χ0v) is 17.6.